The predicted octanol–water partition coefficient (Wildman–Crippen LogP) is 0.0428. The highest BCUT2D eigenvalue weighted by Gasteiger charge is 2.12. The summed E-state index contributed by atoms with van der Waals surface area (Å²) in [5, 5.41) is 3.83. The summed E-state index contributed by atoms with van der Waals surface area (Å²) >= 11 is 0. The SMILES string of the molecule is COCC(N)Cc1nc(-c2ccncn2)no1. The van der Waals surface area contributed by atoms with Gasteiger partial charge in [-0.15, -0.1) is 0 Å². The fraction of sp³-hybridized carbons (Fsp3) is 0.400. The largest absolute Gasteiger partial charge is 0.383 e. The number of nitrogens with zero attached hydrogens (tertiary/aromatic N) is 4. The van der Waals surface area contributed by atoms with Crippen molar-refractivity contribution in [2.45, 2.75) is 12.5 Å². The quantitative estimate of drug-likeness (QED) is 0.781. The summed E-state index contributed by atoms with van der Waals surface area (Å²) in [5.41, 5.74) is 6.41. The van der Waals surface area contributed by atoms with Gasteiger partial charge in [0.05, 0.1) is 6.61 Å². The van der Waals surface area contributed by atoms with Gasteiger partial charge in [0.1, 0.15) is 12.0 Å². The van der Waals surface area contributed by atoms with Crippen molar-refractivity contribution in [1.29, 1.82) is 0 Å². The molecule has 2 aromatic heterocycles. The molecule has 7 heteroatoms. The van der Waals surface area contributed by atoms with Crippen molar-refractivity contribution >= 4 is 0 Å². The summed E-state index contributed by atoms with van der Waals surface area (Å²) in [6.45, 7) is 0.450. The molecule has 0 amide bonds. The van der Waals surface area contributed by atoms with Crippen LogP contribution < -0.4 is 5.73 Å². The minimum atomic E-state index is -0.154. The van der Waals surface area contributed by atoms with Crippen molar-refractivity contribution in [2.75, 3.05) is 13.7 Å². The maximum Gasteiger partial charge on any atom is 0.228 e. The Labute approximate surface area is 98.0 Å². The highest BCUT2D eigenvalue weighted by Crippen LogP contribution is 2.11. The van der Waals surface area contributed by atoms with Gasteiger partial charge in [0, 0.05) is 25.8 Å². The van der Waals surface area contributed by atoms with Crippen LogP contribution in [0.15, 0.2) is 23.1 Å². The van der Waals surface area contributed by atoms with Crippen molar-refractivity contribution < 1.29 is 9.26 Å². The molecule has 2 heterocycles. The molecule has 90 valence electrons. The van der Waals surface area contributed by atoms with Crippen molar-refractivity contribution in [3.05, 3.63) is 24.5 Å². The van der Waals surface area contributed by atoms with Crippen molar-refractivity contribution in [2.24, 2.45) is 5.73 Å². The molecule has 0 saturated heterocycles. The number of hydrogen-bond acceptors (Lipinski definition) is 7. The van der Waals surface area contributed by atoms with Crippen molar-refractivity contribution in [3.8, 4) is 11.5 Å². The molecule has 2 rings (SSSR count). The van der Waals surface area contributed by atoms with E-state index in [1.54, 1.807) is 19.4 Å². The molecular weight excluding hydrogens is 222 g/mol. The Bertz CT molecular complexity index is 459. The molecule has 1 unspecified atom stereocenters. The highest BCUT2D eigenvalue weighted by atomic mass is 16.5. The highest BCUT2D eigenvalue weighted by molar-refractivity contribution is 5.46. The smallest absolute Gasteiger partial charge is 0.228 e. The Balaban J connectivity index is 2.06. The molecular formula is C10H13N5O2. The van der Waals surface area contributed by atoms with Crippen LogP contribution in [-0.4, -0.2) is 39.9 Å². The first-order valence-electron chi connectivity index (χ1n) is 5.13. The molecule has 1 atom stereocenters. The van der Waals surface area contributed by atoms with Crippen LogP contribution >= 0.6 is 0 Å². The van der Waals surface area contributed by atoms with Crippen LogP contribution in [0.1, 0.15) is 5.89 Å². The lowest BCUT2D eigenvalue weighted by Crippen LogP contribution is -2.28. The lowest BCUT2D eigenvalue weighted by atomic mass is 10.2. The average molecular weight is 235 g/mol. The van der Waals surface area contributed by atoms with E-state index in [4.69, 9.17) is 15.0 Å². The van der Waals surface area contributed by atoms with Gasteiger partial charge in [-0.1, -0.05) is 5.16 Å². The van der Waals surface area contributed by atoms with Crippen molar-refractivity contribution in [1.82, 2.24) is 20.1 Å². The molecule has 17 heavy (non-hydrogen) atoms. The predicted molar refractivity (Wildman–Crippen MR) is 58.9 cm³/mol. The molecule has 0 aliphatic carbocycles. The summed E-state index contributed by atoms with van der Waals surface area (Å²) in [7, 11) is 1.60. The van der Waals surface area contributed by atoms with E-state index in [1.807, 2.05) is 0 Å². The molecule has 0 aliphatic rings. The van der Waals surface area contributed by atoms with Gasteiger partial charge in [-0.3, -0.25) is 0 Å². The van der Waals surface area contributed by atoms with Gasteiger partial charge in [-0.2, -0.15) is 4.98 Å². The van der Waals surface area contributed by atoms with E-state index < -0.39 is 0 Å². The Morgan fingerprint density at radius 2 is 2.41 bits per heavy atom. The van der Waals surface area contributed by atoms with Crippen LogP contribution in [0.5, 0.6) is 0 Å². The fourth-order valence-corrected chi connectivity index (χ4v) is 1.36. The van der Waals surface area contributed by atoms with Crippen LogP contribution in [0.4, 0.5) is 0 Å². The summed E-state index contributed by atoms with van der Waals surface area (Å²) in [6.07, 6.45) is 3.53. The Hall–Kier alpha value is -1.86. The zero-order valence-electron chi connectivity index (χ0n) is 9.41. The van der Waals surface area contributed by atoms with Gasteiger partial charge < -0.3 is 15.0 Å². The van der Waals surface area contributed by atoms with Gasteiger partial charge in [-0.25, -0.2) is 9.97 Å². The van der Waals surface area contributed by atoms with Crippen LogP contribution in [0.25, 0.3) is 11.5 Å². The van der Waals surface area contributed by atoms with E-state index in [1.165, 1.54) is 6.33 Å². The summed E-state index contributed by atoms with van der Waals surface area (Å²) in [6, 6.07) is 1.56. The second-order valence-electron chi connectivity index (χ2n) is 3.53. The number of nitrogens with two attached hydrogens (primary N) is 1. The fourth-order valence-electron chi connectivity index (χ4n) is 1.36. The molecule has 0 spiro atoms. The lowest BCUT2D eigenvalue weighted by molar-refractivity contribution is 0.176. The zero-order chi connectivity index (χ0) is 12.1. The van der Waals surface area contributed by atoms with E-state index in [0.29, 0.717) is 30.4 Å². The van der Waals surface area contributed by atoms with Gasteiger partial charge in [-0.05, 0) is 6.07 Å². The number of aromatic nitrogens is 4. The van der Waals surface area contributed by atoms with Crippen LogP contribution in [0.2, 0.25) is 0 Å². The van der Waals surface area contributed by atoms with E-state index in [0.717, 1.165) is 0 Å². The van der Waals surface area contributed by atoms with Gasteiger partial charge in [0.15, 0.2) is 0 Å². The summed E-state index contributed by atoms with van der Waals surface area (Å²) in [5.74, 6) is 0.912. The first-order chi connectivity index (χ1) is 8.29. The number of ether oxygens (including phenoxy) is 1. The summed E-state index contributed by atoms with van der Waals surface area (Å²) in [4.78, 5) is 12.0. The topological polar surface area (TPSA) is 100.0 Å². The van der Waals surface area contributed by atoms with E-state index in [9.17, 15) is 0 Å². The third kappa shape index (κ3) is 3.05. The third-order valence-corrected chi connectivity index (χ3v) is 2.10. The summed E-state index contributed by atoms with van der Waals surface area (Å²) < 4.78 is 10.0. The molecule has 0 radical (unpaired) electrons. The number of rotatable bonds is 5. The number of hydrogen-bond donors (Lipinski definition) is 1. The van der Waals surface area contributed by atoms with Crippen LogP contribution in [0.3, 0.4) is 0 Å². The monoisotopic (exact) mass is 235 g/mol. The van der Waals surface area contributed by atoms with E-state index in [-0.39, 0.29) is 6.04 Å². The first kappa shape index (κ1) is 11.6. The molecule has 0 fully saturated rings. The Morgan fingerprint density at radius 1 is 1.53 bits per heavy atom. The molecule has 0 aliphatic heterocycles. The maximum absolute atomic E-state index is 5.79. The molecule has 0 bridgehead atoms. The zero-order valence-corrected chi connectivity index (χ0v) is 9.41. The van der Waals surface area contributed by atoms with Crippen LogP contribution in [0, 0.1) is 0 Å². The lowest BCUT2D eigenvalue weighted by Gasteiger charge is -2.05. The van der Waals surface area contributed by atoms with Crippen LogP contribution in [-0.2, 0) is 11.2 Å². The molecule has 7 nitrogen and oxygen atoms in total. The average Bonchev–Trinajstić information content (AvgIpc) is 2.79. The minimum absolute atomic E-state index is 0.154. The molecule has 0 aromatic carbocycles. The number of methoxy groups -OCH3 is 1. The van der Waals surface area contributed by atoms with Gasteiger partial charge in [0.2, 0.25) is 11.7 Å². The molecule has 2 N–H and O–H groups in total. The van der Waals surface area contributed by atoms with Crippen molar-refractivity contribution in [3.63, 3.8) is 0 Å². The Kier molecular flexibility index (Phi) is 3.73. The minimum Gasteiger partial charge on any atom is -0.383 e. The second-order valence-corrected chi connectivity index (χ2v) is 3.53. The first-order valence-corrected chi connectivity index (χ1v) is 5.13. The normalized spacial score (nSPS) is 12.6. The standard InChI is InChI=1S/C10H13N5O2/c1-16-5-7(11)4-9-14-10(15-17-9)8-2-3-12-6-13-8/h2-3,6-7H,4-5,11H2,1H3. The van der Waals surface area contributed by atoms with Gasteiger partial charge in [0.25, 0.3) is 0 Å². The Morgan fingerprint density at radius 3 is 3.12 bits per heavy atom. The van der Waals surface area contributed by atoms with E-state index >= 15 is 0 Å². The third-order valence-electron chi connectivity index (χ3n) is 2.10. The van der Waals surface area contributed by atoms with E-state index in [2.05, 4.69) is 20.1 Å². The second kappa shape index (κ2) is 5.46. The maximum atomic E-state index is 5.79. The molecule has 0 saturated carbocycles. The molecule has 2 aromatic rings. The van der Waals surface area contributed by atoms with Gasteiger partial charge >= 0.3 is 0 Å².